The van der Waals surface area contributed by atoms with Crippen molar-refractivity contribution in [3.8, 4) is 0 Å². The monoisotopic (exact) mass is 336 g/mol. The van der Waals surface area contributed by atoms with Gasteiger partial charge in [-0.25, -0.2) is 0 Å². The smallest absolute Gasteiger partial charge is 0.191 e. The highest BCUT2D eigenvalue weighted by Crippen LogP contribution is 2.26. The minimum Gasteiger partial charge on any atom is -0.465 e. The normalized spacial score (nSPS) is 18.0. The molecule has 2 N–H and O–H groups in total. The SMILES string of the molecule is CN=C(NCC(c1ccc(C)o1)N1CCCC1)NCC(C)(C)OC. The van der Waals surface area contributed by atoms with E-state index in [4.69, 9.17) is 9.15 Å². The Balaban J connectivity index is 1.96. The molecule has 1 aliphatic rings. The molecule has 6 nitrogen and oxygen atoms in total. The van der Waals surface area contributed by atoms with Gasteiger partial charge >= 0.3 is 0 Å². The van der Waals surface area contributed by atoms with E-state index in [2.05, 4.69) is 26.6 Å². The van der Waals surface area contributed by atoms with E-state index in [1.807, 2.05) is 26.8 Å². The predicted molar refractivity (Wildman–Crippen MR) is 97.4 cm³/mol. The largest absolute Gasteiger partial charge is 0.465 e. The average molecular weight is 336 g/mol. The number of ether oxygens (including phenoxy) is 1. The van der Waals surface area contributed by atoms with Crippen molar-refractivity contribution in [2.45, 2.75) is 45.3 Å². The van der Waals surface area contributed by atoms with Crippen LogP contribution in [0, 0.1) is 6.92 Å². The molecular formula is C18H32N4O2. The van der Waals surface area contributed by atoms with E-state index in [-0.39, 0.29) is 11.6 Å². The predicted octanol–water partition coefficient (Wildman–Crippen LogP) is 2.31. The lowest BCUT2D eigenvalue weighted by Crippen LogP contribution is -2.47. The molecule has 1 aliphatic heterocycles. The topological polar surface area (TPSA) is 62.0 Å². The quantitative estimate of drug-likeness (QED) is 0.591. The Morgan fingerprint density at radius 2 is 2.04 bits per heavy atom. The zero-order chi connectivity index (χ0) is 17.6. The third kappa shape index (κ3) is 5.24. The van der Waals surface area contributed by atoms with E-state index in [1.165, 1.54) is 12.8 Å². The maximum Gasteiger partial charge on any atom is 0.191 e. The lowest BCUT2D eigenvalue weighted by atomic mass is 10.1. The highest BCUT2D eigenvalue weighted by atomic mass is 16.5. The number of nitrogens with zero attached hydrogens (tertiary/aromatic N) is 2. The number of furan rings is 1. The van der Waals surface area contributed by atoms with Crippen LogP contribution in [0.25, 0.3) is 0 Å². The second-order valence-electron chi connectivity index (χ2n) is 6.98. The Morgan fingerprint density at radius 3 is 2.58 bits per heavy atom. The van der Waals surface area contributed by atoms with Gasteiger partial charge in [-0.05, 0) is 58.8 Å². The molecule has 0 radical (unpaired) electrons. The summed E-state index contributed by atoms with van der Waals surface area (Å²) in [6.07, 6.45) is 2.51. The van der Waals surface area contributed by atoms with Crippen LogP contribution in [0.15, 0.2) is 21.5 Å². The lowest BCUT2D eigenvalue weighted by molar-refractivity contribution is 0.0268. The molecule has 0 bridgehead atoms. The highest BCUT2D eigenvalue weighted by Gasteiger charge is 2.26. The molecule has 0 saturated carbocycles. The van der Waals surface area contributed by atoms with Crippen molar-refractivity contribution in [3.63, 3.8) is 0 Å². The van der Waals surface area contributed by atoms with Crippen molar-refractivity contribution >= 4 is 5.96 Å². The van der Waals surface area contributed by atoms with E-state index >= 15 is 0 Å². The fraction of sp³-hybridized carbons (Fsp3) is 0.722. The van der Waals surface area contributed by atoms with Crippen LogP contribution in [-0.4, -0.2) is 56.8 Å². The molecule has 0 aliphatic carbocycles. The number of likely N-dealkylation sites (tertiary alicyclic amines) is 1. The lowest BCUT2D eigenvalue weighted by Gasteiger charge is -2.28. The van der Waals surface area contributed by atoms with Gasteiger partial charge in [0.1, 0.15) is 11.5 Å². The maximum atomic E-state index is 5.89. The number of methoxy groups -OCH3 is 1. The molecule has 1 atom stereocenters. The van der Waals surface area contributed by atoms with Crippen molar-refractivity contribution in [2.75, 3.05) is 40.3 Å². The van der Waals surface area contributed by atoms with Gasteiger partial charge < -0.3 is 19.8 Å². The first-order valence-corrected chi connectivity index (χ1v) is 8.75. The van der Waals surface area contributed by atoms with Crippen LogP contribution in [0.3, 0.4) is 0 Å². The molecular weight excluding hydrogens is 304 g/mol. The molecule has 2 rings (SSSR count). The Morgan fingerprint density at radius 1 is 1.33 bits per heavy atom. The second kappa shape index (κ2) is 8.53. The van der Waals surface area contributed by atoms with Crippen molar-refractivity contribution in [3.05, 3.63) is 23.7 Å². The molecule has 1 fully saturated rings. The average Bonchev–Trinajstić information content (AvgIpc) is 3.23. The minimum absolute atomic E-state index is 0.232. The van der Waals surface area contributed by atoms with E-state index in [9.17, 15) is 0 Å². The number of guanidine groups is 1. The van der Waals surface area contributed by atoms with Crippen LogP contribution in [0.2, 0.25) is 0 Å². The number of hydrogen-bond acceptors (Lipinski definition) is 4. The van der Waals surface area contributed by atoms with E-state index < -0.39 is 0 Å². The zero-order valence-corrected chi connectivity index (χ0v) is 15.7. The summed E-state index contributed by atoms with van der Waals surface area (Å²) in [6.45, 7) is 9.78. The molecule has 2 heterocycles. The van der Waals surface area contributed by atoms with E-state index in [0.717, 1.165) is 37.1 Å². The molecule has 6 heteroatoms. The third-order valence-corrected chi connectivity index (χ3v) is 4.59. The van der Waals surface area contributed by atoms with E-state index in [0.29, 0.717) is 6.54 Å². The molecule has 0 aromatic carbocycles. The summed E-state index contributed by atoms with van der Waals surface area (Å²) in [6, 6.07) is 4.35. The zero-order valence-electron chi connectivity index (χ0n) is 15.7. The Hall–Kier alpha value is -1.53. The second-order valence-corrected chi connectivity index (χ2v) is 6.98. The van der Waals surface area contributed by atoms with Gasteiger partial charge in [0.05, 0.1) is 11.6 Å². The first-order chi connectivity index (χ1) is 11.4. The fourth-order valence-corrected chi connectivity index (χ4v) is 2.88. The summed E-state index contributed by atoms with van der Waals surface area (Å²) >= 11 is 0. The third-order valence-electron chi connectivity index (χ3n) is 4.59. The first-order valence-electron chi connectivity index (χ1n) is 8.75. The van der Waals surface area contributed by atoms with Gasteiger partial charge in [-0.2, -0.15) is 0 Å². The summed E-state index contributed by atoms with van der Waals surface area (Å²) in [4.78, 5) is 6.80. The van der Waals surface area contributed by atoms with Gasteiger partial charge in [-0.3, -0.25) is 9.89 Å². The minimum atomic E-state index is -0.232. The van der Waals surface area contributed by atoms with Crippen molar-refractivity contribution < 1.29 is 9.15 Å². The summed E-state index contributed by atoms with van der Waals surface area (Å²) < 4.78 is 11.3. The molecule has 24 heavy (non-hydrogen) atoms. The molecule has 1 aromatic heterocycles. The standard InChI is InChI=1S/C18H32N4O2/c1-14-8-9-16(24-14)15(22-10-6-7-11-22)12-20-17(19-4)21-13-18(2,3)23-5/h8-9,15H,6-7,10-13H2,1-5H3,(H2,19,20,21). The molecule has 136 valence electrons. The van der Waals surface area contributed by atoms with Gasteiger partial charge in [-0.15, -0.1) is 0 Å². The molecule has 0 amide bonds. The molecule has 0 spiro atoms. The number of aliphatic imine (C=N–C) groups is 1. The first kappa shape index (κ1) is 18.8. The van der Waals surface area contributed by atoms with Crippen LogP contribution >= 0.6 is 0 Å². The van der Waals surface area contributed by atoms with Gasteiger partial charge in [0, 0.05) is 27.2 Å². The van der Waals surface area contributed by atoms with Gasteiger partial charge in [0.15, 0.2) is 5.96 Å². The number of nitrogens with one attached hydrogen (secondary N) is 2. The van der Waals surface area contributed by atoms with Crippen LogP contribution in [-0.2, 0) is 4.74 Å². The van der Waals surface area contributed by atoms with Crippen LogP contribution in [0.4, 0.5) is 0 Å². The Kier molecular flexibility index (Phi) is 6.69. The fourth-order valence-electron chi connectivity index (χ4n) is 2.88. The Labute approximate surface area is 145 Å². The van der Waals surface area contributed by atoms with Crippen molar-refractivity contribution in [2.24, 2.45) is 4.99 Å². The van der Waals surface area contributed by atoms with Crippen LogP contribution in [0.5, 0.6) is 0 Å². The summed E-state index contributed by atoms with van der Waals surface area (Å²) in [5, 5.41) is 6.76. The summed E-state index contributed by atoms with van der Waals surface area (Å²) in [7, 11) is 3.51. The molecule has 1 saturated heterocycles. The number of rotatable bonds is 7. The molecule has 1 aromatic rings. The number of hydrogen-bond donors (Lipinski definition) is 2. The van der Waals surface area contributed by atoms with Gasteiger partial charge in [0.25, 0.3) is 0 Å². The van der Waals surface area contributed by atoms with Gasteiger partial charge in [0.2, 0.25) is 0 Å². The number of aryl methyl sites for hydroxylation is 1. The van der Waals surface area contributed by atoms with Crippen LogP contribution in [0.1, 0.15) is 44.3 Å². The molecule has 1 unspecified atom stereocenters. The highest BCUT2D eigenvalue weighted by molar-refractivity contribution is 5.79. The van der Waals surface area contributed by atoms with Crippen LogP contribution < -0.4 is 10.6 Å². The van der Waals surface area contributed by atoms with Crippen molar-refractivity contribution in [1.29, 1.82) is 0 Å². The van der Waals surface area contributed by atoms with E-state index in [1.54, 1.807) is 14.2 Å². The van der Waals surface area contributed by atoms with Gasteiger partial charge in [-0.1, -0.05) is 0 Å². The van der Waals surface area contributed by atoms with Crippen molar-refractivity contribution in [1.82, 2.24) is 15.5 Å². The summed E-state index contributed by atoms with van der Waals surface area (Å²) in [5.41, 5.74) is -0.232. The summed E-state index contributed by atoms with van der Waals surface area (Å²) in [5.74, 6) is 2.76. The Bertz CT molecular complexity index is 533. The maximum absolute atomic E-state index is 5.89.